The molecule has 4 nitrogen and oxygen atoms in total. The quantitative estimate of drug-likeness (QED) is 0.899. The maximum Gasteiger partial charge on any atom is 0.223 e. The smallest absolute Gasteiger partial charge is 0.223 e. The Balaban J connectivity index is 2.00. The molecule has 1 saturated heterocycles. The van der Waals surface area contributed by atoms with Crippen LogP contribution in [0, 0.1) is 12.8 Å². The third kappa shape index (κ3) is 2.80. The highest BCUT2D eigenvalue weighted by Crippen LogP contribution is 2.25. The molecule has 1 N–H and O–H groups in total. The molecule has 1 aromatic rings. The minimum Gasteiger partial charge on any atom is -0.343 e. The number of carbonyl (C=O) groups excluding carboxylic acids is 1. The van der Waals surface area contributed by atoms with Gasteiger partial charge in [-0.2, -0.15) is 0 Å². The van der Waals surface area contributed by atoms with E-state index in [1.807, 2.05) is 11.8 Å². The van der Waals surface area contributed by atoms with Gasteiger partial charge in [0.25, 0.3) is 0 Å². The van der Waals surface area contributed by atoms with E-state index in [2.05, 4.69) is 16.9 Å². The largest absolute Gasteiger partial charge is 0.343 e. The Kier molecular flexibility index (Phi) is 3.72. The predicted molar refractivity (Wildman–Crippen MR) is 66.8 cm³/mol. The monoisotopic (exact) mass is 255 g/mol. The first-order chi connectivity index (χ1) is 8.10. The normalized spacial score (nSPS) is 20.3. The first-order valence-corrected chi connectivity index (χ1v) is 6.46. The summed E-state index contributed by atoms with van der Waals surface area (Å²) < 4.78 is 0. The van der Waals surface area contributed by atoms with Gasteiger partial charge in [0.15, 0.2) is 5.15 Å². The number of imidazole rings is 1. The van der Waals surface area contributed by atoms with Crippen LogP contribution in [0.4, 0.5) is 0 Å². The molecular weight excluding hydrogens is 238 g/mol. The van der Waals surface area contributed by atoms with Crippen molar-refractivity contribution in [3.8, 4) is 0 Å². The second-order valence-electron chi connectivity index (χ2n) is 4.72. The Morgan fingerprint density at radius 3 is 2.94 bits per heavy atom. The Labute approximate surface area is 106 Å². The molecule has 0 saturated carbocycles. The third-order valence-electron chi connectivity index (χ3n) is 3.19. The number of halogens is 1. The molecule has 1 aliphatic heterocycles. The minimum atomic E-state index is 0.228. The molecule has 1 amide bonds. The fourth-order valence-corrected chi connectivity index (χ4v) is 2.65. The van der Waals surface area contributed by atoms with E-state index in [1.54, 1.807) is 0 Å². The lowest BCUT2D eigenvalue weighted by Crippen LogP contribution is -2.24. The first kappa shape index (κ1) is 12.4. The van der Waals surface area contributed by atoms with Gasteiger partial charge in [-0.1, -0.05) is 24.9 Å². The SMILES string of the molecule is CCCC1CC(=O)N(Cc2[nH]c(C)nc2Cl)C1. The van der Waals surface area contributed by atoms with Crippen molar-refractivity contribution in [1.29, 1.82) is 0 Å². The maximum absolute atomic E-state index is 11.8. The van der Waals surface area contributed by atoms with E-state index in [4.69, 9.17) is 11.6 Å². The molecule has 0 radical (unpaired) electrons. The summed E-state index contributed by atoms with van der Waals surface area (Å²) in [6.07, 6.45) is 2.94. The van der Waals surface area contributed by atoms with E-state index >= 15 is 0 Å². The number of amides is 1. The van der Waals surface area contributed by atoms with Crippen molar-refractivity contribution in [2.75, 3.05) is 6.54 Å². The molecule has 0 aromatic carbocycles. The van der Waals surface area contributed by atoms with E-state index in [9.17, 15) is 4.79 Å². The van der Waals surface area contributed by atoms with Gasteiger partial charge in [0.1, 0.15) is 5.82 Å². The predicted octanol–water partition coefficient (Wildman–Crippen LogP) is 2.52. The molecule has 1 fully saturated rings. The highest BCUT2D eigenvalue weighted by molar-refractivity contribution is 6.30. The molecule has 17 heavy (non-hydrogen) atoms. The Morgan fingerprint density at radius 2 is 2.35 bits per heavy atom. The molecule has 1 atom stereocenters. The molecule has 1 aromatic heterocycles. The van der Waals surface area contributed by atoms with Crippen molar-refractivity contribution < 1.29 is 4.79 Å². The molecule has 2 heterocycles. The van der Waals surface area contributed by atoms with Gasteiger partial charge in [-0.05, 0) is 19.3 Å². The molecule has 1 unspecified atom stereocenters. The van der Waals surface area contributed by atoms with Crippen LogP contribution in [0.5, 0.6) is 0 Å². The zero-order chi connectivity index (χ0) is 12.4. The molecule has 5 heteroatoms. The van der Waals surface area contributed by atoms with Crippen molar-refractivity contribution in [2.24, 2.45) is 5.92 Å². The van der Waals surface area contributed by atoms with Crippen LogP contribution in [-0.4, -0.2) is 27.3 Å². The average Bonchev–Trinajstić information content (AvgIpc) is 2.73. The van der Waals surface area contributed by atoms with E-state index in [1.165, 1.54) is 0 Å². The first-order valence-electron chi connectivity index (χ1n) is 6.09. The number of nitrogens with zero attached hydrogens (tertiary/aromatic N) is 2. The number of hydrogen-bond donors (Lipinski definition) is 1. The Hall–Kier alpha value is -1.03. The van der Waals surface area contributed by atoms with Crippen LogP contribution in [0.25, 0.3) is 0 Å². The van der Waals surface area contributed by atoms with Crippen molar-refractivity contribution >= 4 is 17.5 Å². The number of rotatable bonds is 4. The number of likely N-dealkylation sites (tertiary alicyclic amines) is 1. The lowest BCUT2D eigenvalue weighted by Gasteiger charge is -2.15. The topological polar surface area (TPSA) is 49.0 Å². The maximum atomic E-state index is 11.8. The van der Waals surface area contributed by atoms with Crippen molar-refractivity contribution in [1.82, 2.24) is 14.9 Å². The number of carbonyl (C=O) groups is 1. The number of aromatic nitrogens is 2. The summed E-state index contributed by atoms with van der Waals surface area (Å²) in [5, 5.41) is 0.481. The lowest BCUT2D eigenvalue weighted by molar-refractivity contribution is -0.128. The Bertz CT molecular complexity index is 416. The van der Waals surface area contributed by atoms with Gasteiger partial charge >= 0.3 is 0 Å². The molecule has 2 rings (SSSR count). The van der Waals surface area contributed by atoms with Crippen LogP contribution in [0.2, 0.25) is 5.15 Å². The summed E-state index contributed by atoms with van der Waals surface area (Å²) in [6.45, 7) is 5.42. The molecule has 94 valence electrons. The number of hydrogen-bond acceptors (Lipinski definition) is 2. The summed E-state index contributed by atoms with van der Waals surface area (Å²) in [5.41, 5.74) is 0.842. The van der Waals surface area contributed by atoms with Crippen LogP contribution in [0.1, 0.15) is 37.7 Å². The fourth-order valence-electron chi connectivity index (χ4n) is 2.42. The van der Waals surface area contributed by atoms with Gasteiger partial charge in [0.05, 0.1) is 12.2 Å². The van der Waals surface area contributed by atoms with Gasteiger partial charge in [0.2, 0.25) is 5.91 Å². The highest BCUT2D eigenvalue weighted by atomic mass is 35.5. The van der Waals surface area contributed by atoms with Crippen molar-refractivity contribution in [2.45, 2.75) is 39.7 Å². The third-order valence-corrected chi connectivity index (χ3v) is 3.50. The summed E-state index contributed by atoms with van der Waals surface area (Å²) >= 11 is 5.99. The van der Waals surface area contributed by atoms with Crippen LogP contribution in [0.15, 0.2) is 0 Å². The summed E-state index contributed by atoms with van der Waals surface area (Å²) in [6, 6.07) is 0. The van der Waals surface area contributed by atoms with Gasteiger partial charge in [-0.25, -0.2) is 4.98 Å². The molecule has 0 bridgehead atoms. The van der Waals surface area contributed by atoms with Crippen molar-refractivity contribution in [3.63, 3.8) is 0 Å². The number of H-pyrrole nitrogens is 1. The van der Waals surface area contributed by atoms with Gasteiger partial charge in [0, 0.05) is 13.0 Å². The second-order valence-corrected chi connectivity index (χ2v) is 5.08. The standard InChI is InChI=1S/C12H18ClN3O/c1-3-4-9-5-11(17)16(6-9)7-10-12(13)15-8(2)14-10/h9H,3-7H2,1-2H3,(H,14,15). The summed E-state index contributed by atoms with van der Waals surface area (Å²) in [4.78, 5) is 20.9. The summed E-state index contributed by atoms with van der Waals surface area (Å²) in [5.74, 6) is 1.53. The second kappa shape index (κ2) is 5.08. The lowest BCUT2D eigenvalue weighted by atomic mass is 10.0. The van der Waals surface area contributed by atoms with E-state index in [-0.39, 0.29) is 5.91 Å². The molecule has 1 aliphatic rings. The minimum absolute atomic E-state index is 0.228. The van der Waals surface area contributed by atoms with Crippen LogP contribution >= 0.6 is 11.6 Å². The Morgan fingerprint density at radius 1 is 1.59 bits per heavy atom. The highest BCUT2D eigenvalue weighted by Gasteiger charge is 2.29. The van der Waals surface area contributed by atoms with Crippen LogP contribution in [0.3, 0.4) is 0 Å². The molecule has 0 spiro atoms. The number of aromatic amines is 1. The van der Waals surface area contributed by atoms with E-state index < -0.39 is 0 Å². The number of nitrogens with one attached hydrogen (secondary N) is 1. The molecule has 0 aliphatic carbocycles. The fraction of sp³-hybridized carbons (Fsp3) is 0.667. The van der Waals surface area contributed by atoms with Gasteiger partial charge in [-0.3, -0.25) is 4.79 Å². The zero-order valence-corrected chi connectivity index (χ0v) is 11.0. The zero-order valence-electron chi connectivity index (χ0n) is 10.3. The number of aryl methyl sites for hydroxylation is 1. The van der Waals surface area contributed by atoms with Crippen LogP contribution in [-0.2, 0) is 11.3 Å². The molecular formula is C12H18ClN3O. The van der Waals surface area contributed by atoms with E-state index in [0.717, 1.165) is 30.9 Å². The van der Waals surface area contributed by atoms with Crippen LogP contribution < -0.4 is 0 Å². The van der Waals surface area contributed by atoms with E-state index in [0.29, 0.717) is 24.0 Å². The average molecular weight is 256 g/mol. The van der Waals surface area contributed by atoms with Gasteiger partial charge in [-0.15, -0.1) is 0 Å². The van der Waals surface area contributed by atoms with Crippen molar-refractivity contribution in [3.05, 3.63) is 16.7 Å². The van der Waals surface area contributed by atoms with Gasteiger partial charge < -0.3 is 9.88 Å². The summed E-state index contributed by atoms with van der Waals surface area (Å²) in [7, 11) is 0.